The highest BCUT2D eigenvalue weighted by atomic mass is 35.5. The molecule has 6 heteroatoms. The predicted octanol–water partition coefficient (Wildman–Crippen LogP) is 5.52. The van der Waals surface area contributed by atoms with Crippen molar-refractivity contribution in [3.8, 4) is 11.5 Å². The Morgan fingerprint density at radius 3 is 2.35 bits per heavy atom. The smallest absolute Gasteiger partial charge is 0.156 e. The van der Waals surface area contributed by atoms with Gasteiger partial charge in [-0.2, -0.15) is 0 Å². The van der Waals surface area contributed by atoms with E-state index in [2.05, 4.69) is 11.7 Å². The molecule has 0 spiro atoms. The van der Waals surface area contributed by atoms with Crippen LogP contribution < -0.4 is 9.47 Å². The highest BCUT2D eigenvalue weighted by Crippen LogP contribution is 2.37. The Balaban J connectivity index is 2.32. The fourth-order valence-electron chi connectivity index (χ4n) is 1.71. The van der Waals surface area contributed by atoms with E-state index in [9.17, 15) is 0 Å². The summed E-state index contributed by atoms with van der Waals surface area (Å²) in [5.41, 5.74) is 0.915. The number of unbranched alkanes of at least 4 members (excludes halogenated alkanes) is 2. The van der Waals surface area contributed by atoms with Crippen LogP contribution in [0.5, 0.6) is 11.5 Å². The van der Waals surface area contributed by atoms with Crippen LogP contribution in [0.25, 0.3) is 0 Å². The van der Waals surface area contributed by atoms with Crippen molar-refractivity contribution < 1.29 is 14.3 Å². The van der Waals surface area contributed by atoms with Crippen LogP contribution in [0.3, 0.4) is 0 Å². The molecular formula is C17H23Cl2NO3. The molecular weight excluding hydrogens is 337 g/mol. The number of oxime groups is 1. The van der Waals surface area contributed by atoms with E-state index >= 15 is 0 Å². The summed E-state index contributed by atoms with van der Waals surface area (Å²) in [5.74, 6) is 1.08. The molecule has 1 rings (SSSR count). The number of ether oxygens (including phenoxy) is 2. The van der Waals surface area contributed by atoms with Gasteiger partial charge in [-0.1, -0.05) is 41.0 Å². The molecule has 0 aromatic heterocycles. The summed E-state index contributed by atoms with van der Waals surface area (Å²) < 4.78 is 11.1. The average molecular weight is 360 g/mol. The van der Waals surface area contributed by atoms with Gasteiger partial charge in [0.2, 0.25) is 0 Å². The second-order valence-electron chi connectivity index (χ2n) is 5.10. The lowest BCUT2D eigenvalue weighted by Gasteiger charge is -2.12. The van der Waals surface area contributed by atoms with Gasteiger partial charge in [0.05, 0.1) is 22.4 Å². The Bertz CT molecular complexity index is 506. The third kappa shape index (κ3) is 8.14. The van der Waals surface area contributed by atoms with E-state index in [4.69, 9.17) is 37.5 Å². The van der Waals surface area contributed by atoms with Crippen molar-refractivity contribution in [2.24, 2.45) is 5.16 Å². The summed E-state index contributed by atoms with van der Waals surface area (Å²) in [5, 5.41) is 4.75. The van der Waals surface area contributed by atoms with Crippen molar-refractivity contribution in [2.45, 2.75) is 33.1 Å². The first-order chi connectivity index (χ1) is 11.0. The minimum atomic E-state index is 0.399. The molecule has 0 unspecified atom stereocenters. The monoisotopic (exact) mass is 359 g/mol. The van der Waals surface area contributed by atoms with Crippen LogP contribution in [0.1, 0.15) is 33.1 Å². The van der Waals surface area contributed by atoms with Gasteiger partial charge in [-0.3, -0.25) is 0 Å². The molecule has 23 heavy (non-hydrogen) atoms. The van der Waals surface area contributed by atoms with Crippen molar-refractivity contribution in [1.29, 1.82) is 0 Å². The number of rotatable bonds is 11. The maximum absolute atomic E-state index is 6.17. The molecule has 0 fully saturated rings. The van der Waals surface area contributed by atoms with Crippen molar-refractivity contribution in [3.05, 3.63) is 34.8 Å². The standard InChI is InChI=1S/C17H23Cl2NO3/c1-4-8-21-14-11-15(18)17(16(19)12-14)22-9-6-5-7-10-23-20-13(2)3/h4,11-12H,1,5-10H2,2-3H3. The molecule has 1 aromatic carbocycles. The Kier molecular flexibility index (Phi) is 9.57. The van der Waals surface area contributed by atoms with E-state index in [-0.39, 0.29) is 0 Å². The van der Waals surface area contributed by atoms with Crippen LogP contribution in [-0.4, -0.2) is 25.5 Å². The van der Waals surface area contributed by atoms with E-state index in [0.29, 0.717) is 41.4 Å². The summed E-state index contributed by atoms with van der Waals surface area (Å²) >= 11 is 12.3. The van der Waals surface area contributed by atoms with Gasteiger partial charge in [0.15, 0.2) is 5.75 Å². The summed E-state index contributed by atoms with van der Waals surface area (Å²) in [6.07, 6.45) is 4.45. The van der Waals surface area contributed by atoms with Crippen molar-refractivity contribution in [1.82, 2.24) is 0 Å². The molecule has 1 aromatic rings. The molecule has 4 nitrogen and oxygen atoms in total. The van der Waals surface area contributed by atoms with E-state index in [1.807, 2.05) is 13.8 Å². The Hall–Kier alpha value is -1.39. The summed E-state index contributed by atoms with van der Waals surface area (Å²) in [6.45, 7) is 8.94. The zero-order valence-electron chi connectivity index (χ0n) is 13.6. The highest BCUT2D eigenvalue weighted by Gasteiger charge is 2.10. The van der Waals surface area contributed by atoms with Crippen molar-refractivity contribution in [3.63, 3.8) is 0 Å². The maximum Gasteiger partial charge on any atom is 0.156 e. The van der Waals surface area contributed by atoms with Gasteiger partial charge in [0, 0.05) is 12.1 Å². The predicted molar refractivity (Wildman–Crippen MR) is 96.2 cm³/mol. The minimum absolute atomic E-state index is 0.399. The molecule has 0 saturated heterocycles. The second kappa shape index (κ2) is 11.2. The van der Waals surface area contributed by atoms with Crippen LogP contribution in [0.4, 0.5) is 0 Å². The lowest BCUT2D eigenvalue weighted by Crippen LogP contribution is -2.00. The Morgan fingerprint density at radius 1 is 1.09 bits per heavy atom. The van der Waals surface area contributed by atoms with Crippen LogP contribution >= 0.6 is 23.2 Å². The van der Waals surface area contributed by atoms with Crippen LogP contribution in [0, 0.1) is 0 Å². The number of hydrogen-bond donors (Lipinski definition) is 0. The molecule has 0 aliphatic carbocycles. The van der Waals surface area contributed by atoms with E-state index in [1.165, 1.54) is 0 Å². The lowest BCUT2D eigenvalue weighted by molar-refractivity contribution is 0.138. The van der Waals surface area contributed by atoms with Gasteiger partial charge in [-0.05, 0) is 33.1 Å². The highest BCUT2D eigenvalue weighted by molar-refractivity contribution is 6.37. The third-order valence-electron chi connectivity index (χ3n) is 2.71. The molecule has 0 saturated carbocycles. The third-order valence-corrected chi connectivity index (χ3v) is 3.27. The summed E-state index contributed by atoms with van der Waals surface area (Å²) in [4.78, 5) is 5.13. The number of hydrogen-bond acceptors (Lipinski definition) is 4. The first-order valence-corrected chi connectivity index (χ1v) is 8.29. The lowest BCUT2D eigenvalue weighted by atomic mass is 10.2. The quantitative estimate of drug-likeness (QED) is 0.226. The first kappa shape index (κ1) is 19.7. The molecule has 0 amide bonds. The number of nitrogens with zero attached hydrogens (tertiary/aromatic N) is 1. The average Bonchev–Trinajstić information content (AvgIpc) is 2.49. The Morgan fingerprint density at radius 2 is 1.74 bits per heavy atom. The summed E-state index contributed by atoms with van der Waals surface area (Å²) in [7, 11) is 0. The minimum Gasteiger partial charge on any atom is -0.490 e. The fourth-order valence-corrected chi connectivity index (χ4v) is 2.28. The topological polar surface area (TPSA) is 40.0 Å². The van der Waals surface area contributed by atoms with Crippen molar-refractivity contribution in [2.75, 3.05) is 19.8 Å². The number of halogens is 2. The van der Waals surface area contributed by atoms with E-state index < -0.39 is 0 Å². The molecule has 0 aliphatic heterocycles. The molecule has 0 aliphatic rings. The fraction of sp³-hybridized carbons (Fsp3) is 0.471. The van der Waals surface area contributed by atoms with Crippen LogP contribution in [0.2, 0.25) is 10.0 Å². The normalized spacial score (nSPS) is 10.1. The Labute approximate surface area is 148 Å². The van der Waals surface area contributed by atoms with Crippen LogP contribution in [-0.2, 0) is 4.84 Å². The molecule has 0 atom stereocenters. The van der Waals surface area contributed by atoms with Gasteiger partial charge < -0.3 is 14.3 Å². The zero-order valence-corrected chi connectivity index (χ0v) is 15.1. The first-order valence-electron chi connectivity index (χ1n) is 7.53. The van der Waals surface area contributed by atoms with Gasteiger partial charge in [-0.15, -0.1) is 0 Å². The van der Waals surface area contributed by atoms with Crippen molar-refractivity contribution >= 4 is 28.9 Å². The van der Waals surface area contributed by atoms with E-state index in [1.54, 1.807) is 18.2 Å². The van der Waals surface area contributed by atoms with Crippen LogP contribution in [0.15, 0.2) is 29.9 Å². The SMILES string of the molecule is C=CCOc1cc(Cl)c(OCCCCCON=C(C)C)c(Cl)c1. The van der Waals surface area contributed by atoms with Gasteiger partial charge in [0.1, 0.15) is 19.0 Å². The van der Waals surface area contributed by atoms with E-state index in [0.717, 1.165) is 25.0 Å². The molecule has 0 bridgehead atoms. The summed E-state index contributed by atoms with van der Waals surface area (Å²) in [6, 6.07) is 3.37. The second-order valence-corrected chi connectivity index (χ2v) is 5.91. The molecule has 0 radical (unpaired) electrons. The van der Waals surface area contributed by atoms with Gasteiger partial charge in [0.25, 0.3) is 0 Å². The zero-order chi connectivity index (χ0) is 17.1. The molecule has 0 heterocycles. The molecule has 0 N–H and O–H groups in total. The maximum atomic E-state index is 6.17. The van der Waals surface area contributed by atoms with Gasteiger partial charge >= 0.3 is 0 Å². The largest absolute Gasteiger partial charge is 0.490 e. The number of benzene rings is 1. The van der Waals surface area contributed by atoms with Gasteiger partial charge in [-0.25, -0.2) is 0 Å². The molecule has 128 valence electrons.